The second-order valence-electron chi connectivity index (χ2n) is 4.62. The van der Waals surface area contributed by atoms with Gasteiger partial charge in [-0.25, -0.2) is 0 Å². The van der Waals surface area contributed by atoms with E-state index in [1.807, 2.05) is 30.1 Å². The van der Waals surface area contributed by atoms with Crippen LogP contribution in [0.4, 0.5) is 0 Å². The van der Waals surface area contributed by atoms with Gasteiger partial charge in [0.05, 0.1) is 18.8 Å². The maximum Gasteiger partial charge on any atom is 0.124 e. The van der Waals surface area contributed by atoms with Crippen LogP contribution in [-0.2, 0) is 7.05 Å². The van der Waals surface area contributed by atoms with Crippen molar-refractivity contribution in [2.24, 2.45) is 7.05 Å². The Labute approximate surface area is 114 Å². The van der Waals surface area contributed by atoms with Gasteiger partial charge in [0.2, 0.25) is 0 Å². The molecule has 0 radical (unpaired) electrons. The second kappa shape index (κ2) is 5.89. The third-order valence-corrected chi connectivity index (χ3v) is 3.26. The summed E-state index contributed by atoms with van der Waals surface area (Å²) in [6.07, 6.45) is 1.82. The summed E-state index contributed by atoms with van der Waals surface area (Å²) in [6.45, 7) is 5.08. The van der Waals surface area contributed by atoms with Crippen molar-refractivity contribution in [3.05, 3.63) is 47.3 Å². The van der Waals surface area contributed by atoms with E-state index in [9.17, 15) is 0 Å². The molecule has 0 spiro atoms. The van der Waals surface area contributed by atoms with Gasteiger partial charge in [-0.1, -0.05) is 24.6 Å². The highest BCUT2D eigenvalue weighted by Gasteiger charge is 2.20. The molecular weight excluding hydrogens is 238 g/mol. The lowest BCUT2D eigenvalue weighted by atomic mass is 10.00. The fourth-order valence-corrected chi connectivity index (χ4v) is 2.32. The molecule has 0 fully saturated rings. The fraction of sp³-hybridized carbons (Fsp3) is 0.400. The first kappa shape index (κ1) is 13.6. The number of hydrogen-bond donors (Lipinski definition) is 1. The molecule has 1 unspecified atom stereocenters. The first-order valence-electron chi connectivity index (χ1n) is 6.53. The molecule has 1 heterocycles. The molecule has 0 aliphatic carbocycles. The summed E-state index contributed by atoms with van der Waals surface area (Å²) in [5.41, 5.74) is 3.50. The van der Waals surface area contributed by atoms with Crippen LogP contribution in [0.3, 0.4) is 0 Å². The topological polar surface area (TPSA) is 39.1 Å². The molecule has 0 aliphatic heterocycles. The smallest absolute Gasteiger partial charge is 0.124 e. The van der Waals surface area contributed by atoms with Crippen LogP contribution in [0.1, 0.15) is 29.8 Å². The maximum absolute atomic E-state index is 5.50. The van der Waals surface area contributed by atoms with E-state index in [0.717, 1.165) is 23.6 Å². The van der Waals surface area contributed by atoms with Crippen LogP contribution in [0.15, 0.2) is 30.5 Å². The van der Waals surface area contributed by atoms with Gasteiger partial charge >= 0.3 is 0 Å². The van der Waals surface area contributed by atoms with Crippen molar-refractivity contribution in [2.75, 3.05) is 13.7 Å². The van der Waals surface area contributed by atoms with E-state index in [4.69, 9.17) is 4.74 Å². The number of rotatable bonds is 5. The van der Waals surface area contributed by atoms with E-state index in [0.29, 0.717) is 0 Å². The number of nitrogens with zero attached hydrogens (tertiary/aromatic N) is 2. The summed E-state index contributed by atoms with van der Waals surface area (Å²) in [4.78, 5) is 0. The average Bonchev–Trinajstić information content (AvgIpc) is 2.82. The third-order valence-electron chi connectivity index (χ3n) is 3.26. The van der Waals surface area contributed by atoms with Crippen molar-refractivity contribution in [2.45, 2.75) is 19.9 Å². The first-order chi connectivity index (χ1) is 9.17. The van der Waals surface area contributed by atoms with Crippen LogP contribution in [-0.4, -0.2) is 23.4 Å². The molecule has 1 aromatic heterocycles. The Morgan fingerprint density at radius 3 is 2.74 bits per heavy atom. The Morgan fingerprint density at radius 1 is 1.37 bits per heavy atom. The quantitative estimate of drug-likeness (QED) is 0.896. The highest BCUT2D eigenvalue weighted by molar-refractivity contribution is 5.42. The Morgan fingerprint density at radius 2 is 2.16 bits per heavy atom. The highest BCUT2D eigenvalue weighted by Crippen LogP contribution is 2.30. The van der Waals surface area contributed by atoms with Gasteiger partial charge in [-0.3, -0.25) is 4.68 Å². The van der Waals surface area contributed by atoms with E-state index < -0.39 is 0 Å². The molecule has 0 bridgehead atoms. The molecule has 4 heteroatoms. The highest BCUT2D eigenvalue weighted by atomic mass is 16.5. The van der Waals surface area contributed by atoms with Crippen LogP contribution in [0.25, 0.3) is 0 Å². The van der Waals surface area contributed by atoms with Crippen molar-refractivity contribution in [1.82, 2.24) is 15.1 Å². The maximum atomic E-state index is 5.50. The number of hydrogen-bond acceptors (Lipinski definition) is 3. The van der Waals surface area contributed by atoms with Gasteiger partial charge in [-0.05, 0) is 25.6 Å². The third kappa shape index (κ3) is 2.79. The molecule has 102 valence electrons. The molecule has 1 atom stereocenters. The lowest BCUT2D eigenvalue weighted by Gasteiger charge is -2.21. The fourth-order valence-electron chi connectivity index (χ4n) is 2.32. The van der Waals surface area contributed by atoms with Crippen molar-refractivity contribution in [1.29, 1.82) is 0 Å². The number of ether oxygens (including phenoxy) is 1. The molecule has 0 aliphatic rings. The minimum Gasteiger partial charge on any atom is -0.496 e. The van der Waals surface area contributed by atoms with Crippen molar-refractivity contribution >= 4 is 0 Å². The lowest BCUT2D eigenvalue weighted by molar-refractivity contribution is 0.402. The van der Waals surface area contributed by atoms with Gasteiger partial charge in [-0.2, -0.15) is 5.10 Å². The Hall–Kier alpha value is -1.81. The van der Waals surface area contributed by atoms with Crippen molar-refractivity contribution < 1.29 is 4.74 Å². The van der Waals surface area contributed by atoms with Gasteiger partial charge in [0.1, 0.15) is 5.75 Å². The summed E-state index contributed by atoms with van der Waals surface area (Å²) >= 11 is 0. The molecule has 0 amide bonds. The van der Waals surface area contributed by atoms with Gasteiger partial charge in [0, 0.05) is 18.8 Å². The monoisotopic (exact) mass is 259 g/mol. The summed E-state index contributed by atoms with van der Waals surface area (Å²) in [6, 6.07) is 8.38. The zero-order valence-corrected chi connectivity index (χ0v) is 12.0. The predicted octanol–water partition coefficient (Wildman–Crippen LogP) is 2.44. The SMILES string of the molecule is CCNC(c1cc(C)ccc1OC)c1ccnn1C. The molecule has 0 saturated heterocycles. The average molecular weight is 259 g/mol. The van der Waals surface area contributed by atoms with Gasteiger partial charge in [0.15, 0.2) is 0 Å². The zero-order valence-electron chi connectivity index (χ0n) is 12.0. The molecule has 1 aromatic carbocycles. The van der Waals surface area contributed by atoms with Gasteiger partial charge in [0.25, 0.3) is 0 Å². The summed E-state index contributed by atoms with van der Waals surface area (Å²) < 4.78 is 7.39. The van der Waals surface area contributed by atoms with Crippen LogP contribution < -0.4 is 10.1 Å². The minimum absolute atomic E-state index is 0.0901. The molecule has 2 rings (SSSR count). The van der Waals surface area contributed by atoms with Crippen LogP contribution in [0.2, 0.25) is 0 Å². The van der Waals surface area contributed by atoms with Gasteiger partial charge < -0.3 is 10.1 Å². The van der Waals surface area contributed by atoms with E-state index in [-0.39, 0.29) is 6.04 Å². The van der Waals surface area contributed by atoms with Crippen LogP contribution in [0.5, 0.6) is 5.75 Å². The molecule has 1 N–H and O–H groups in total. The number of aryl methyl sites for hydroxylation is 2. The predicted molar refractivity (Wildman–Crippen MR) is 76.5 cm³/mol. The largest absolute Gasteiger partial charge is 0.496 e. The normalized spacial score (nSPS) is 12.4. The lowest BCUT2D eigenvalue weighted by Crippen LogP contribution is -2.24. The number of aromatic nitrogens is 2. The molecule has 2 aromatic rings. The minimum atomic E-state index is 0.0901. The molecule has 19 heavy (non-hydrogen) atoms. The molecular formula is C15H21N3O. The summed E-state index contributed by atoms with van der Waals surface area (Å²) in [5.74, 6) is 0.901. The first-order valence-corrected chi connectivity index (χ1v) is 6.53. The van der Waals surface area contributed by atoms with E-state index >= 15 is 0 Å². The van der Waals surface area contributed by atoms with Crippen molar-refractivity contribution in [3.63, 3.8) is 0 Å². The molecule has 0 saturated carbocycles. The second-order valence-corrected chi connectivity index (χ2v) is 4.62. The van der Waals surface area contributed by atoms with E-state index in [1.165, 1.54) is 5.56 Å². The van der Waals surface area contributed by atoms with E-state index in [1.54, 1.807) is 7.11 Å². The zero-order chi connectivity index (χ0) is 13.8. The summed E-state index contributed by atoms with van der Waals surface area (Å²) in [5, 5.41) is 7.76. The number of nitrogens with one attached hydrogen (secondary N) is 1. The number of methoxy groups -OCH3 is 1. The Bertz CT molecular complexity index is 548. The van der Waals surface area contributed by atoms with E-state index in [2.05, 4.69) is 36.4 Å². The Kier molecular flexibility index (Phi) is 4.22. The Balaban J connectivity index is 2.50. The number of benzene rings is 1. The van der Waals surface area contributed by atoms with Crippen LogP contribution in [0, 0.1) is 6.92 Å². The molecule has 4 nitrogen and oxygen atoms in total. The van der Waals surface area contributed by atoms with Crippen LogP contribution >= 0.6 is 0 Å². The van der Waals surface area contributed by atoms with Gasteiger partial charge in [-0.15, -0.1) is 0 Å². The van der Waals surface area contributed by atoms with Crippen molar-refractivity contribution in [3.8, 4) is 5.75 Å². The summed E-state index contributed by atoms with van der Waals surface area (Å²) in [7, 11) is 3.67. The standard InChI is InChI=1S/C15H21N3O/c1-5-16-15(13-8-9-17-18(13)3)12-10-11(2)6-7-14(12)19-4/h6-10,15-16H,5H2,1-4H3.